The first kappa shape index (κ1) is 17.8. The zero-order valence-corrected chi connectivity index (χ0v) is 13.1. The molecular weight excluding hydrogens is 318 g/mol. The van der Waals surface area contributed by atoms with Gasteiger partial charge in [0.25, 0.3) is 12.3 Å². The second-order valence-electron chi connectivity index (χ2n) is 5.22. The second kappa shape index (κ2) is 8.35. The highest BCUT2D eigenvalue weighted by Crippen LogP contribution is 2.13. The normalized spacial score (nSPS) is 12.0. The molecule has 0 aliphatic heterocycles. The van der Waals surface area contributed by atoms with Crippen LogP contribution >= 0.6 is 0 Å². The molecule has 24 heavy (non-hydrogen) atoms. The summed E-state index contributed by atoms with van der Waals surface area (Å²) in [4.78, 5) is 15.8. The fraction of sp³-hybridized carbons (Fsp3) is 0.294. The van der Waals surface area contributed by atoms with Gasteiger partial charge in [-0.15, -0.1) is 0 Å². The largest absolute Gasteiger partial charge is 0.472 e. The highest BCUT2D eigenvalue weighted by molar-refractivity contribution is 5.93. The summed E-state index contributed by atoms with van der Waals surface area (Å²) < 4.78 is 28.8. The summed E-state index contributed by atoms with van der Waals surface area (Å²) in [6.45, 7) is 1.24. The fourth-order valence-electron chi connectivity index (χ4n) is 1.95. The number of aromatic nitrogens is 1. The molecule has 1 heterocycles. The van der Waals surface area contributed by atoms with Gasteiger partial charge in [0.2, 0.25) is 5.88 Å². The maximum Gasteiger partial charge on any atom is 0.272 e. The van der Waals surface area contributed by atoms with E-state index in [0.29, 0.717) is 5.56 Å². The van der Waals surface area contributed by atoms with Crippen LogP contribution < -0.4 is 10.1 Å². The molecule has 1 unspecified atom stereocenters. The van der Waals surface area contributed by atoms with Gasteiger partial charge in [-0.05, 0) is 18.6 Å². The number of pyridine rings is 1. The molecule has 2 aromatic rings. The van der Waals surface area contributed by atoms with E-state index in [-0.39, 0.29) is 18.0 Å². The third-order valence-electron chi connectivity index (χ3n) is 3.27. The number of nitrogens with one attached hydrogen (secondary N) is 1. The number of rotatable bonds is 7. The predicted octanol–water partition coefficient (Wildman–Crippen LogP) is 2.50. The molecule has 0 saturated heterocycles. The van der Waals surface area contributed by atoms with Crippen molar-refractivity contribution < 1.29 is 23.4 Å². The summed E-state index contributed by atoms with van der Waals surface area (Å²) in [6.07, 6.45) is -2.18. The highest BCUT2D eigenvalue weighted by Gasteiger charge is 2.12. The minimum Gasteiger partial charge on any atom is -0.472 e. The van der Waals surface area contributed by atoms with Crippen molar-refractivity contribution >= 4 is 5.91 Å². The molecule has 0 fully saturated rings. The van der Waals surface area contributed by atoms with E-state index in [0.717, 1.165) is 5.56 Å². The lowest BCUT2D eigenvalue weighted by atomic mass is 10.1. The minimum atomic E-state index is -2.59. The maximum atomic E-state index is 12.0. The Kier molecular flexibility index (Phi) is 6.20. The number of hydrogen-bond acceptors (Lipinski definition) is 4. The van der Waals surface area contributed by atoms with Gasteiger partial charge in [0, 0.05) is 18.8 Å². The van der Waals surface area contributed by atoms with Crippen molar-refractivity contribution in [3.05, 3.63) is 59.3 Å². The molecule has 2 rings (SSSR count). The summed E-state index contributed by atoms with van der Waals surface area (Å²) in [5.41, 5.74) is 2.03. The number of benzene rings is 1. The van der Waals surface area contributed by atoms with Crippen LogP contribution in [0.15, 0.2) is 42.6 Å². The van der Waals surface area contributed by atoms with Gasteiger partial charge in [0.15, 0.2) is 6.61 Å². The molecule has 7 heteroatoms. The summed E-state index contributed by atoms with van der Waals surface area (Å²) >= 11 is 0. The summed E-state index contributed by atoms with van der Waals surface area (Å²) in [5.74, 6) is -0.402. The lowest BCUT2D eigenvalue weighted by molar-refractivity contribution is 0.0794. The molecule has 0 bridgehead atoms. The van der Waals surface area contributed by atoms with Crippen molar-refractivity contribution in [1.29, 1.82) is 0 Å². The average molecular weight is 336 g/mol. The van der Waals surface area contributed by atoms with Crippen molar-refractivity contribution in [3.8, 4) is 5.88 Å². The van der Waals surface area contributed by atoms with Crippen LogP contribution in [0.25, 0.3) is 0 Å². The fourth-order valence-corrected chi connectivity index (χ4v) is 1.95. The number of carbonyl (C=O) groups excluding carboxylic acids is 1. The number of aryl methyl sites for hydroxylation is 1. The molecule has 0 radical (unpaired) electrons. The van der Waals surface area contributed by atoms with Gasteiger partial charge in [0.05, 0.1) is 11.7 Å². The van der Waals surface area contributed by atoms with Crippen LogP contribution in [-0.4, -0.2) is 35.6 Å². The summed E-state index contributed by atoms with van der Waals surface area (Å²) in [6, 6.07) is 10.1. The molecule has 5 nitrogen and oxygen atoms in total. The van der Waals surface area contributed by atoms with Gasteiger partial charge in [-0.2, -0.15) is 0 Å². The lowest BCUT2D eigenvalue weighted by Gasteiger charge is -2.12. The topological polar surface area (TPSA) is 71.5 Å². The Morgan fingerprint density at radius 1 is 1.25 bits per heavy atom. The Hall–Kier alpha value is -2.54. The van der Waals surface area contributed by atoms with Crippen LogP contribution in [0.4, 0.5) is 8.78 Å². The van der Waals surface area contributed by atoms with Gasteiger partial charge in [0.1, 0.15) is 0 Å². The van der Waals surface area contributed by atoms with Crippen molar-refractivity contribution in [2.24, 2.45) is 0 Å². The summed E-state index contributed by atoms with van der Waals surface area (Å²) in [7, 11) is 0. The molecule has 1 aromatic carbocycles. The van der Waals surface area contributed by atoms with E-state index in [1.54, 1.807) is 12.1 Å². The quantitative estimate of drug-likeness (QED) is 0.815. The molecule has 2 N–H and O–H groups in total. The molecule has 0 aliphatic rings. The number of halogens is 2. The minimum absolute atomic E-state index is 0.0199. The molecule has 128 valence electrons. The SMILES string of the molecule is Cc1ccc(C(O)CNC(=O)c2ccc(OCC(F)F)nc2)cc1. The van der Waals surface area contributed by atoms with E-state index < -0.39 is 25.0 Å². The zero-order chi connectivity index (χ0) is 17.5. The van der Waals surface area contributed by atoms with E-state index in [1.165, 1.54) is 18.3 Å². The third-order valence-corrected chi connectivity index (χ3v) is 3.27. The van der Waals surface area contributed by atoms with Crippen LogP contribution in [0, 0.1) is 6.92 Å². The maximum absolute atomic E-state index is 12.0. The van der Waals surface area contributed by atoms with Crippen LogP contribution in [0.3, 0.4) is 0 Å². The van der Waals surface area contributed by atoms with E-state index in [4.69, 9.17) is 4.74 Å². The van der Waals surface area contributed by atoms with Crippen LogP contribution in [0.1, 0.15) is 27.6 Å². The molecule has 0 saturated carbocycles. The average Bonchev–Trinajstić information content (AvgIpc) is 2.58. The first-order valence-electron chi connectivity index (χ1n) is 7.35. The van der Waals surface area contributed by atoms with Crippen LogP contribution in [0.2, 0.25) is 0 Å². The van der Waals surface area contributed by atoms with Crippen LogP contribution in [0.5, 0.6) is 5.88 Å². The summed E-state index contributed by atoms with van der Waals surface area (Å²) in [5, 5.41) is 12.6. The highest BCUT2D eigenvalue weighted by atomic mass is 19.3. The molecule has 1 atom stereocenters. The number of nitrogens with zero attached hydrogens (tertiary/aromatic N) is 1. The third kappa shape index (κ3) is 5.27. The van der Waals surface area contributed by atoms with Gasteiger partial charge >= 0.3 is 0 Å². The first-order chi connectivity index (χ1) is 11.5. The number of aliphatic hydroxyl groups is 1. The first-order valence-corrected chi connectivity index (χ1v) is 7.35. The Bertz CT molecular complexity index is 661. The van der Waals surface area contributed by atoms with E-state index in [9.17, 15) is 18.7 Å². The number of aliphatic hydroxyl groups excluding tert-OH is 1. The molecule has 0 aliphatic carbocycles. The van der Waals surface area contributed by atoms with Crippen molar-refractivity contribution in [2.75, 3.05) is 13.2 Å². The Morgan fingerprint density at radius 2 is 1.96 bits per heavy atom. The van der Waals surface area contributed by atoms with Crippen LogP contribution in [-0.2, 0) is 0 Å². The molecule has 0 spiro atoms. The van der Waals surface area contributed by atoms with Gasteiger partial charge in [-0.25, -0.2) is 13.8 Å². The standard InChI is InChI=1S/C17H18F2N2O3/c1-11-2-4-12(5-3-11)14(22)9-21-17(23)13-6-7-16(20-8-13)24-10-15(18)19/h2-8,14-15,22H,9-10H2,1H3,(H,21,23). The Balaban J connectivity index is 1.86. The lowest BCUT2D eigenvalue weighted by Crippen LogP contribution is -2.28. The monoisotopic (exact) mass is 336 g/mol. The Morgan fingerprint density at radius 3 is 2.54 bits per heavy atom. The number of alkyl halides is 2. The van der Waals surface area contributed by atoms with Gasteiger partial charge < -0.3 is 15.2 Å². The number of ether oxygens (including phenoxy) is 1. The van der Waals surface area contributed by atoms with E-state index in [2.05, 4.69) is 10.3 Å². The van der Waals surface area contributed by atoms with Gasteiger partial charge in [-0.1, -0.05) is 29.8 Å². The predicted molar refractivity (Wildman–Crippen MR) is 84.2 cm³/mol. The van der Waals surface area contributed by atoms with Gasteiger partial charge in [-0.3, -0.25) is 4.79 Å². The zero-order valence-electron chi connectivity index (χ0n) is 13.1. The van der Waals surface area contributed by atoms with Crippen molar-refractivity contribution in [2.45, 2.75) is 19.5 Å². The molecular formula is C17H18F2N2O3. The Labute approximate surface area is 138 Å². The molecule has 1 aromatic heterocycles. The number of hydrogen-bond donors (Lipinski definition) is 2. The number of amides is 1. The van der Waals surface area contributed by atoms with E-state index >= 15 is 0 Å². The number of carbonyl (C=O) groups is 1. The van der Waals surface area contributed by atoms with Crippen molar-refractivity contribution in [3.63, 3.8) is 0 Å². The second-order valence-corrected chi connectivity index (χ2v) is 5.22. The smallest absolute Gasteiger partial charge is 0.272 e. The van der Waals surface area contributed by atoms with E-state index in [1.807, 2.05) is 19.1 Å². The van der Waals surface area contributed by atoms with Crippen molar-refractivity contribution in [1.82, 2.24) is 10.3 Å². The molecule has 1 amide bonds.